The van der Waals surface area contributed by atoms with Crippen LogP contribution in [0.1, 0.15) is 16.7 Å². The molecule has 2 aromatic rings. The molecule has 20 heavy (non-hydrogen) atoms. The Labute approximate surface area is 115 Å². The van der Waals surface area contributed by atoms with Gasteiger partial charge >= 0.3 is 0 Å². The minimum Gasteiger partial charge on any atom is -0.489 e. The summed E-state index contributed by atoms with van der Waals surface area (Å²) in [5, 5.41) is 7.43. The Hall–Kier alpha value is -2.43. The average Bonchev–Trinajstić information content (AvgIpc) is 2.40. The van der Waals surface area contributed by atoms with Gasteiger partial charge in [0.05, 0.1) is 0 Å². The summed E-state index contributed by atoms with van der Waals surface area (Å²) in [6.45, 7) is 1.88. The Morgan fingerprint density at radius 2 is 1.80 bits per heavy atom. The number of hydrogen-bond donors (Lipinski definition) is 2. The fourth-order valence-corrected chi connectivity index (χ4v) is 1.81. The lowest BCUT2D eigenvalue weighted by Gasteiger charge is -2.12. The number of aryl methyl sites for hydroxylation is 1. The third-order valence-electron chi connectivity index (χ3n) is 2.90. The Morgan fingerprint density at radius 3 is 2.50 bits per heavy atom. The number of hydrogen-bond acceptors (Lipinski definition) is 2. The van der Waals surface area contributed by atoms with Crippen LogP contribution < -0.4 is 10.5 Å². The van der Waals surface area contributed by atoms with Gasteiger partial charge in [-0.1, -0.05) is 12.1 Å². The monoisotopic (exact) mass is 276 g/mol. The van der Waals surface area contributed by atoms with E-state index in [1.54, 1.807) is 13.0 Å². The molecule has 0 atom stereocenters. The summed E-state index contributed by atoms with van der Waals surface area (Å²) < 4.78 is 31.8. The summed E-state index contributed by atoms with van der Waals surface area (Å²) in [4.78, 5) is 0. The van der Waals surface area contributed by atoms with Crippen LogP contribution in [0.2, 0.25) is 0 Å². The van der Waals surface area contributed by atoms with Crippen molar-refractivity contribution in [2.45, 2.75) is 13.5 Å². The highest BCUT2D eigenvalue weighted by Crippen LogP contribution is 2.21. The standard InChI is InChI=1S/C15H14F2N2O/c1-9-2-4-12(17)7-14(9)20-8-10-3-5-11(16)6-13(10)15(18)19/h2-7H,8H2,1H3,(H3,18,19). The molecule has 0 saturated carbocycles. The van der Waals surface area contributed by atoms with Crippen molar-refractivity contribution in [2.24, 2.45) is 5.73 Å². The Morgan fingerprint density at radius 1 is 1.15 bits per heavy atom. The van der Waals surface area contributed by atoms with Gasteiger partial charge in [-0.05, 0) is 30.7 Å². The molecule has 0 unspecified atom stereocenters. The number of benzene rings is 2. The normalized spacial score (nSPS) is 10.3. The van der Waals surface area contributed by atoms with Crippen LogP contribution in [0.25, 0.3) is 0 Å². The minimum absolute atomic E-state index is 0.0828. The second-order valence-electron chi connectivity index (χ2n) is 4.41. The molecule has 3 nitrogen and oxygen atoms in total. The predicted molar refractivity (Wildman–Crippen MR) is 72.9 cm³/mol. The van der Waals surface area contributed by atoms with Gasteiger partial charge in [0.25, 0.3) is 0 Å². The molecule has 104 valence electrons. The molecule has 0 amide bonds. The molecule has 2 aromatic carbocycles. The lowest BCUT2D eigenvalue weighted by Crippen LogP contribution is -2.15. The summed E-state index contributed by atoms with van der Waals surface area (Å²) in [6, 6.07) is 8.19. The van der Waals surface area contributed by atoms with Crippen LogP contribution in [0.4, 0.5) is 8.78 Å². The van der Waals surface area contributed by atoms with Gasteiger partial charge in [0.1, 0.15) is 29.8 Å². The molecule has 0 aliphatic heterocycles. The van der Waals surface area contributed by atoms with Gasteiger partial charge in [0, 0.05) is 17.2 Å². The maximum absolute atomic E-state index is 13.1. The first kappa shape index (κ1) is 14.0. The predicted octanol–water partition coefficient (Wildman–Crippen LogP) is 3.14. The Balaban J connectivity index is 2.23. The van der Waals surface area contributed by atoms with E-state index < -0.39 is 11.6 Å². The Kier molecular flexibility index (Phi) is 3.98. The van der Waals surface area contributed by atoms with Gasteiger partial charge < -0.3 is 10.5 Å². The second-order valence-corrected chi connectivity index (χ2v) is 4.41. The zero-order valence-corrected chi connectivity index (χ0v) is 10.9. The molecule has 0 spiro atoms. The van der Waals surface area contributed by atoms with Crippen molar-refractivity contribution in [1.82, 2.24) is 0 Å². The zero-order chi connectivity index (χ0) is 14.7. The van der Waals surface area contributed by atoms with Crippen molar-refractivity contribution in [3.8, 4) is 5.75 Å². The first-order valence-corrected chi connectivity index (χ1v) is 5.99. The van der Waals surface area contributed by atoms with Gasteiger partial charge in [0.15, 0.2) is 0 Å². The SMILES string of the molecule is Cc1ccc(F)cc1OCc1ccc(F)cc1C(=N)N. The molecular formula is C15H14F2N2O. The van der Waals surface area contributed by atoms with E-state index in [9.17, 15) is 8.78 Å². The van der Waals surface area contributed by atoms with Crippen molar-refractivity contribution in [1.29, 1.82) is 5.41 Å². The molecule has 0 radical (unpaired) electrons. The molecule has 0 fully saturated rings. The number of nitrogen functional groups attached to an aromatic ring is 1. The van der Waals surface area contributed by atoms with E-state index in [-0.39, 0.29) is 18.0 Å². The molecule has 5 heteroatoms. The third-order valence-corrected chi connectivity index (χ3v) is 2.90. The topological polar surface area (TPSA) is 59.1 Å². The lowest BCUT2D eigenvalue weighted by molar-refractivity contribution is 0.302. The van der Waals surface area contributed by atoms with E-state index in [0.717, 1.165) is 5.56 Å². The fourth-order valence-electron chi connectivity index (χ4n) is 1.81. The van der Waals surface area contributed by atoms with Crippen molar-refractivity contribution < 1.29 is 13.5 Å². The highest BCUT2D eigenvalue weighted by molar-refractivity contribution is 5.96. The van der Waals surface area contributed by atoms with Gasteiger partial charge in [-0.2, -0.15) is 0 Å². The number of halogens is 2. The number of ether oxygens (including phenoxy) is 1. The van der Waals surface area contributed by atoms with E-state index in [1.165, 1.54) is 30.3 Å². The van der Waals surface area contributed by atoms with Gasteiger partial charge in [-0.3, -0.25) is 5.41 Å². The first-order valence-electron chi connectivity index (χ1n) is 5.99. The van der Waals surface area contributed by atoms with Crippen LogP contribution >= 0.6 is 0 Å². The van der Waals surface area contributed by atoms with E-state index in [1.807, 2.05) is 0 Å². The number of amidine groups is 1. The quantitative estimate of drug-likeness (QED) is 0.665. The molecule has 0 bridgehead atoms. The van der Waals surface area contributed by atoms with E-state index in [2.05, 4.69) is 0 Å². The fraction of sp³-hybridized carbons (Fsp3) is 0.133. The molecule has 0 aliphatic rings. The minimum atomic E-state index is -0.471. The van der Waals surface area contributed by atoms with E-state index >= 15 is 0 Å². The molecule has 2 rings (SSSR count). The second kappa shape index (κ2) is 5.69. The molecule has 0 aromatic heterocycles. The van der Waals surface area contributed by atoms with Crippen molar-refractivity contribution in [3.63, 3.8) is 0 Å². The summed E-state index contributed by atoms with van der Waals surface area (Å²) >= 11 is 0. The van der Waals surface area contributed by atoms with Crippen LogP contribution in [-0.4, -0.2) is 5.84 Å². The van der Waals surface area contributed by atoms with Gasteiger partial charge in [-0.15, -0.1) is 0 Å². The van der Waals surface area contributed by atoms with Crippen LogP contribution in [0.3, 0.4) is 0 Å². The van der Waals surface area contributed by atoms with Gasteiger partial charge in [-0.25, -0.2) is 8.78 Å². The van der Waals surface area contributed by atoms with Crippen LogP contribution in [0.15, 0.2) is 36.4 Å². The maximum atomic E-state index is 13.1. The zero-order valence-electron chi connectivity index (χ0n) is 10.9. The highest BCUT2D eigenvalue weighted by Gasteiger charge is 2.09. The molecular weight excluding hydrogens is 262 g/mol. The summed E-state index contributed by atoms with van der Waals surface area (Å²) in [6.07, 6.45) is 0. The highest BCUT2D eigenvalue weighted by atomic mass is 19.1. The van der Waals surface area contributed by atoms with Gasteiger partial charge in [0.2, 0.25) is 0 Å². The van der Waals surface area contributed by atoms with Crippen molar-refractivity contribution in [3.05, 3.63) is 64.7 Å². The van der Waals surface area contributed by atoms with Crippen LogP contribution in [-0.2, 0) is 6.61 Å². The molecule has 0 saturated heterocycles. The van der Waals surface area contributed by atoms with Crippen molar-refractivity contribution in [2.75, 3.05) is 0 Å². The average molecular weight is 276 g/mol. The summed E-state index contributed by atoms with van der Waals surface area (Å²) in [7, 11) is 0. The smallest absolute Gasteiger partial charge is 0.126 e. The van der Waals surface area contributed by atoms with E-state index in [4.69, 9.17) is 15.9 Å². The maximum Gasteiger partial charge on any atom is 0.126 e. The molecule has 0 heterocycles. The largest absolute Gasteiger partial charge is 0.489 e. The summed E-state index contributed by atoms with van der Waals surface area (Å²) in [5.74, 6) is -0.694. The summed E-state index contributed by atoms with van der Waals surface area (Å²) in [5.41, 5.74) is 7.05. The number of nitrogens with two attached hydrogens (primary N) is 1. The lowest BCUT2D eigenvalue weighted by atomic mass is 10.1. The number of nitrogens with one attached hydrogen (secondary N) is 1. The van der Waals surface area contributed by atoms with Crippen LogP contribution in [0, 0.1) is 24.0 Å². The van der Waals surface area contributed by atoms with Crippen molar-refractivity contribution >= 4 is 5.84 Å². The Bertz CT molecular complexity index is 656. The third kappa shape index (κ3) is 3.12. The first-order chi connectivity index (χ1) is 9.47. The molecule has 3 N–H and O–H groups in total. The number of rotatable bonds is 4. The van der Waals surface area contributed by atoms with Crippen LogP contribution in [0.5, 0.6) is 5.75 Å². The van der Waals surface area contributed by atoms with E-state index in [0.29, 0.717) is 11.3 Å². The molecule has 0 aliphatic carbocycles.